The summed E-state index contributed by atoms with van der Waals surface area (Å²) >= 11 is 5.77. The van der Waals surface area contributed by atoms with Crippen molar-refractivity contribution >= 4 is 23.0 Å². The highest BCUT2D eigenvalue weighted by Gasteiger charge is 2.17. The molecule has 0 radical (unpaired) electrons. The molecule has 1 atom stereocenters. The minimum absolute atomic E-state index is 0.0531. The smallest absolute Gasteiger partial charge is 0.293 e. The number of rotatable bonds is 4. The third-order valence-corrected chi connectivity index (χ3v) is 2.95. The number of furan rings is 1. The summed E-state index contributed by atoms with van der Waals surface area (Å²) in [4.78, 5) is 10.5. The first-order valence-corrected chi connectivity index (χ1v) is 6.12. The van der Waals surface area contributed by atoms with Crippen molar-refractivity contribution in [3.8, 4) is 0 Å². The lowest BCUT2D eigenvalue weighted by Crippen LogP contribution is -2.07. The molecule has 1 N–H and O–H groups in total. The van der Waals surface area contributed by atoms with Crippen LogP contribution in [-0.2, 0) is 0 Å². The predicted octanol–water partition coefficient (Wildman–Crippen LogP) is 4.32. The minimum atomic E-state index is -0.464. The van der Waals surface area contributed by atoms with Gasteiger partial charge in [0.2, 0.25) is 0 Å². The molecule has 0 aliphatic heterocycles. The maximum Gasteiger partial charge on any atom is 0.293 e. The Morgan fingerprint density at radius 3 is 2.68 bits per heavy atom. The third kappa shape index (κ3) is 3.06. The van der Waals surface area contributed by atoms with Gasteiger partial charge in [-0.05, 0) is 38.1 Å². The van der Waals surface area contributed by atoms with Crippen LogP contribution in [0.3, 0.4) is 0 Å². The molecule has 2 aromatic rings. The molecule has 0 aliphatic rings. The summed E-state index contributed by atoms with van der Waals surface area (Å²) in [7, 11) is 0. The zero-order chi connectivity index (χ0) is 14.0. The standard InChI is InChI=1S/C13H13ClN2O3/c1-8-3-6-13(19-8)9(2)15-11-5-4-10(14)7-12(11)16(17)18/h3-7,9,15H,1-2H3. The van der Waals surface area contributed by atoms with Gasteiger partial charge in [0, 0.05) is 11.1 Å². The Kier molecular flexibility index (Phi) is 3.76. The second-order valence-electron chi connectivity index (χ2n) is 4.23. The van der Waals surface area contributed by atoms with E-state index in [1.807, 2.05) is 26.0 Å². The Labute approximate surface area is 115 Å². The molecule has 0 fully saturated rings. The molecule has 6 heteroatoms. The van der Waals surface area contributed by atoms with Crippen LogP contribution >= 0.6 is 11.6 Å². The number of hydrogen-bond donors (Lipinski definition) is 1. The van der Waals surface area contributed by atoms with Crippen molar-refractivity contribution in [2.75, 3.05) is 5.32 Å². The van der Waals surface area contributed by atoms with Crippen molar-refractivity contribution < 1.29 is 9.34 Å². The molecule has 0 saturated heterocycles. The van der Waals surface area contributed by atoms with Crippen molar-refractivity contribution in [2.45, 2.75) is 19.9 Å². The summed E-state index contributed by atoms with van der Waals surface area (Å²) in [6.07, 6.45) is 0. The lowest BCUT2D eigenvalue weighted by Gasteiger charge is -2.13. The summed E-state index contributed by atoms with van der Waals surface area (Å²) in [6, 6.07) is 8.04. The van der Waals surface area contributed by atoms with E-state index in [0.717, 1.165) is 11.5 Å². The average molecular weight is 281 g/mol. The van der Waals surface area contributed by atoms with Crippen LogP contribution in [0, 0.1) is 17.0 Å². The Morgan fingerprint density at radius 2 is 2.11 bits per heavy atom. The Bertz CT molecular complexity index is 610. The highest BCUT2D eigenvalue weighted by Crippen LogP contribution is 2.31. The minimum Gasteiger partial charge on any atom is -0.464 e. The number of nitro groups is 1. The van der Waals surface area contributed by atoms with Crippen LogP contribution in [0.2, 0.25) is 5.02 Å². The number of aryl methyl sites for hydroxylation is 1. The van der Waals surface area contributed by atoms with Crippen LogP contribution in [0.4, 0.5) is 11.4 Å². The van der Waals surface area contributed by atoms with Crippen molar-refractivity contribution in [2.24, 2.45) is 0 Å². The van der Waals surface area contributed by atoms with E-state index < -0.39 is 4.92 Å². The Balaban J connectivity index is 2.26. The van der Waals surface area contributed by atoms with Gasteiger partial charge in [0.25, 0.3) is 5.69 Å². The number of hydrogen-bond acceptors (Lipinski definition) is 4. The fraction of sp³-hybridized carbons (Fsp3) is 0.231. The van der Waals surface area contributed by atoms with Crippen molar-refractivity contribution in [3.63, 3.8) is 0 Å². The fourth-order valence-corrected chi connectivity index (χ4v) is 1.93. The zero-order valence-corrected chi connectivity index (χ0v) is 11.3. The number of benzene rings is 1. The molecule has 0 spiro atoms. The van der Waals surface area contributed by atoms with Crippen LogP contribution in [0.25, 0.3) is 0 Å². The first-order chi connectivity index (χ1) is 8.97. The van der Waals surface area contributed by atoms with E-state index in [9.17, 15) is 10.1 Å². The quantitative estimate of drug-likeness (QED) is 0.669. The lowest BCUT2D eigenvalue weighted by molar-refractivity contribution is -0.384. The summed E-state index contributed by atoms with van der Waals surface area (Å²) in [6.45, 7) is 3.72. The second kappa shape index (κ2) is 5.32. The highest BCUT2D eigenvalue weighted by atomic mass is 35.5. The number of halogens is 1. The van der Waals surface area contributed by atoms with Gasteiger partial charge in [-0.1, -0.05) is 11.6 Å². The van der Waals surface area contributed by atoms with Gasteiger partial charge in [-0.3, -0.25) is 10.1 Å². The van der Waals surface area contributed by atoms with Gasteiger partial charge < -0.3 is 9.73 Å². The van der Waals surface area contributed by atoms with Crippen LogP contribution in [0.1, 0.15) is 24.5 Å². The zero-order valence-electron chi connectivity index (χ0n) is 10.5. The molecule has 0 aliphatic carbocycles. The van der Waals surface area contributed by atoms with E-state index in [4.69, 9.17) is 16.0 Å². The average Bonchev–Trinajstić information content (AvgIpc) is 2.78. The molecule has 1 heterocycles. The predicted molar refractivity (Wildman–Crippen MR) is 73.6 cm³/mol. The fourth-order valence-electron chi connectivity index (χ4n) is 1.77. The third-order valence-electron chi connectivity index (χ3n) is 2.72. The van der Waals surface area contributed by atoms with Crippen molar-refractivity contribution in [1.29, 1.82) is 0 Å². The summed E-state index contributed by atoms with van der Waals surface area (Å²) in [5.41, 5.74) is 0.360. The van der Waals surface area contributed by atoms with Gasteiger partial charge in [0.05, 0.1) is 11.0 Å². The molecular formula is C13H13ClN2O3. The molecule has 1 aromatic carbocycles. The number of nitrogens with one attached hydrogen (secondary N) is 1. The van der Waals surface area contributed by atoms with Gasteiger partial charge in [0.1, 0.15) is 17.2 Å². The van der Waals surface area contributed by atoms with Crippen LogP contribution in [0.5, 0.6) is 0 Å². The normalized spacial score (nSPS) is 12.2. The molecular weight excluding hydrogens is 268 g/mol. The Hall–Kier alpha value is -2.01. The van der Waals surface area contributed by atoms with E-state index >= 15 is 0 Å². The van der Waals surface area contributed by atoms with Crippen LogP contribution < -0.4 is 5.32 Å². The molecule has 1 aromatic heterocycles. The van der Waals surface area contributed by atoms with Gasteiger partial charge in [0.15, 0.2) is 0 Å². The van der Waals surface area contributed by atoms with Crippen LogP contribution in [0.15, 0.2) is 34.7 Å². The molecule has 0 bridgehead atoms. The largest absolute Gasteiger partial charge is 0.464 e. The molecule has 19 heavy (non-hydrogen) atoms. The van der Waals surface area contributed by atoms with Crippen molar-refractivity contribution in [1.82, 2.24) is 0 Å². The van der Waals surface area contributed by atoms with E-state index in [-0.39, 0.29) is 11.7 Å². The lowest BCUT2D eigenvalue weighted by atomic mass is 10.2. The van der Waals surface area contributed by atoms with Crippen LogP contribution in [-0.4, -0.2) is 4.92 Å². The maximum atomic E-state index is 11.0. The summed E-state index contributed by atoms with van der Waals surface area (Å²) in [5.74, 6) is 1.52. The maximum absolute atomic E-state index is 11.0. The number of anilines is 1. The molecule has 1 unspecified atom stereocenters. The van der Waals surface area contributed by atoms with Gasteiger partial charge in [-0.2, -0.15) is 0 Å². The first-order valence-electron chi connectivity index (χ1n) is 5.74. The summed E-state index contributed by atoms with van der Waals surface area (Å²) < 4.78 is 5.48. The topological polar surface area (TPSA) is 68.3 Å². The highest BCUT2D eigenvalue weighted by molar-refractivity contribution is 6.30. The molecule has 5 nitrogen and oxygen atoms in total. The van der Waals surface area contributed by atoms with E-state index in [1.165, 1.54) is 6.07 Å². The molecule has 0 saturated carbocycles. The first kappa shape index (κ1) is 13.4. The summed E-state index contributed by atoms with van der Waals surface area (Å²) in [5, 5.41) is 14.4. The van der Waals surface area contributed by atoms with Gasteiger partial charge in [-0.15, -0.1) is 0 Å². The van der Waals surface area contributed by atoms with Crippen molar-refractivity contribution in [3.05, 3.63) is 57.0 Å². The van der Waals surface area contributed by atoms with Gasteiger partial charge >= 0.3 is 0 Å². The second-order valence-corrected chi connectivity index (χ2v) is 4.67. The Morgan fingerprint density at radius 1 is 1.37 bits per heavy atom. The van der Waals surface area contributed by atoms with E-state index in [2.05, 4.69) is 5.32 Å². The van der Waals surface area contributed by atoms with E-state index in [1.54, 1.807) is 12.1 Å². The van der Waals surface area contributed by atoms with Gasteiger partial charge in [-0.25, -0.2) is 0 Å². The number of nitrogens with zero attached hydrogens (tertiary/aromatic N) is 1. The monoisotopic (exact) mass is 280 g/mol. The van der Waals surface area contributed by atoms with E-state index in [0.29, 0.717) is 10.7 Å². The molecule has 100 valence electrons. The SMILES string of the molecule is Cc1ccc(C(C)Nc2ccc(Cl)cc2[N+](=O)[O-])o1. The molecule has 2 rings (SSSR count). The number of nitro benzene ring substituents is 1. The molecule has 0 amide bonds.